The SMILES string of the molecule is c1cc2nc(c1)COc1ccccc1CCOCCc1ccccc1OC2. The summed E-state index contributed by atoms with van der Waals surface area (Å²) in [6.45, 7) is 2.19. The van der Waals surface area contributed by atoms with E-state index in [1.807, 2.05) is 54.6 Å². The molecule has 1 aromatic heterocycles. The molecule has 0 aliphatic carbocycles. The Morgan fingerprint density at radius 1 is 0.593 bits per heavy atom. The summed E-state index contributed by atoms with van der Waals surface area (Å²) in [7, 11) is 0. The maximum Gasteiger partial charge on any atom is 0.130 e. The molecule has 1 aliphatic rings. The summed E-state index contributed by atoms with van der Waals surface area (Å²) in [5.41, 5.74) is 4.10. The minimum absolute atomic E-state index is 0.433. The first-order chi connectivity index (χ1) is 13.4. The lowest BCUT2D eigenvalue weighted by molar-refractivity contribution is 0.138. The van der Waals surface area contributed by atoms with E-state index in [0.29, 0.717) is 26.4 Å². The number of benzene rings is 2. The topological polar surface area (TPSA) is 40.6 Å². The summed E-state index contributed by atoms with van der Waals surface area (Å²) >= 11 is 0. The van der Waals surface area contributed by atoms with Gasteiger partial charge in [-0.25, -0.2) is 0 Å². The van der Waals surface area contributed by atoms with Crippen molar-refractivity contribution in [2.45, 2.75) is 26.1 Å². The summed E-state index contributed by atoms with van der Waals surface area (Å²) in [6, 6.07) is 22.2. The van der Waals surface area contributed by atoms with E-state index >= 15 is 0 Å². The van der Waals surface area contributed by atoms with Crippen molar-refractivity contribution >= 4 is 0 Å². The van der Waals surface area contributed by atoms with Crippen LogP contribution in [-0.4, -0.2) is 18.2 Å². The van der Waals surface area contributed by atoms with Crippen LogP contribution in [0.2, 0.25) is 0 Å². The van der Waals surface area contributed by atoms with Gasteiger partial charge in [0.1, 0.15) is 24.7 Å². The van der Waals surface area contributed by atoms with Crippen molar-refractivity contribution in [1.82, 2.24) is 4.98 Å². The molecule has 0 fully saturated rings. The molecular formula is C23H23NO3. The standard InChI is InChI=1S/C23H23NO3/c1-3-10-22-18(6-1)12-14-25-15-13-19-7-2-4-11-23(19)27-17-21-9-5-8-20(24-21)16-26-22/h1-11H,12-17H2. The number of hydrogen-bond donors (Lipinski definition) is 0. The molecule has 1 aliphatic heterocycles. The Labute approximate surface area is 159 Å². The molecular weight excluding hydrogens is 338 g/mol. The summed E-state index contributed by atoms with van der Waals surface area (Å²) in [4.78, 5) is 4.67. The number of nitrogens with zero attached hydrogens (tertiary/aromatic N) is 1. The van der Waals surface area contributed by atoms with Gasteiger partial charge in [-0.2, -0.15) is 0 Å². The Balaban J connectivity index is 1.58. The third-order valence-electron chi connectivity index (χ3n) is 4.59. The fraction of sp³-hybridized carbons (Fsp3) is 0.261. The summed E-state index contributed by atoms with van der Waals surface area (Å²) < 4.78 is 17.9. The van der Waals surface area contributed by atoms with Crippen LogP contribution in [0.1, 0.15) is 22.5 Å². The van der Waals surface area contributed by atoms with Crippen LogP contribution in [0.25, 0.3) is 0 Å². The fourth-order valence-electron chi connectivity index (χ4n) is 3.16. The number of para-hydroxylation sites is 2. The highest BCUT2D eigenvalue weighted by atomic mass is 16.5. The number of fused-ring (bicyclic) bond motifs is 4. The third kappa shape index (κ3) is 4.66. The van der Waals surface area contributed by atoms with Crippen LogP contribution in [0.4, 0.5) is 0 Å². The van der Waals surface area contributed by atoms with E-state index in [2.05, 4.69) is 17.1 Å². The second-order valence-corrected chi connectivity index (χ2v) is 6.53. The van der Waals surface area contributed by atoms with Crippen LogP contribution < -0.4 is 9.47 Å². The van der Waals surface area contributed by atoms with E-state index in [1.165, 1.54) is 0 Å². The average molecular weight is 361 g/mol. The van der Waals surface area contributed by atoms with Crippen LogP contribution in [0.3, 0.4) is 0 Å². The van der Waals surface area contributed by atoms with Gasteiger partial charge in [0, 0.05) is 0 Å². The predicted molar refractivity (Wildman–Crippen MR) is 104 cm³/mol. The lowest BCUT2D eigenvalue weighted by atomic mass is 10.1. The lowest BCUT2D eigenvalue weighted by Gasteiger charge is -2.14. The van der Waals surface area contributed by atoms with Crippen molar-refractivity contribution in [3.8, 4) is 11.5 Å². The number of hydrogen-bond acceptors (Lipinski definition) is 4. The Bertz CT molecular complexity index is 825. The molecule has 4 nitrogen and oxygen atoms in total. The normalized spacial score (nSPS) is 15.0. The van der Waals surface area contributed by atoms with Crippen LogP contribution in [0, 0.1) is 0 Å². The molecule has 0 saturated heterocycles. The molecule has 138 valence electrons. The molecule has 0 amide bonds. The second-order valence-electron chi connectivity index (χ2n) is 6.53. The number of rotatable bonds is 0. The van der Waals surface area contributed by atoms with Crippen molar-refractivity contribution in [1.29, 1.82) is 0 Å². The molecule has 2 aromatic carbocycles. The molecule has 0 atom stereocenters. The Morgan fingerprint density at radius 3 is 1.67 bits per heavy atom. The molecule has 0 unspecified atom stereocenters. The van der Waals surface area contributed by atoms with Crippen molar-refractivity contribution in [2.24, 2.45) is 0 Å². The van der Waals surface area contributed by atoms with Crippen molar-refractivity contribution in [2.75, 3.05) is 13.2 Å². The van der Waals surface area contributed by atoms with Gasteiger partial charge in [-0.1, -0.05) is 42.5 Å². The minimum atomic E-state index is 0.433. The van der Waals surface area contributed by atoms with Gasteiger partial charge in [0.2, 0.25) is 0 Å². The zero-order chi connectivity index (χ0) is 18.3. The quantitative estimate of drug-likeness (QED) is 0.597. The van der Waals surface area contributed by atoms with E-state index in [-0.39, 0.29) is 0 Å². The summed E-state index contributed by atoms with van der Waals surface area (Å²) in [5.74, 6) is 1.78. The van der Waals surface area contributed by atoms with Gasteiger partial charge in [0.25, 0.3) is 0 Å². The third-order valence-corrected chi connectivity index (χ3v) is 4.59. The summed E-state index contributed by atoms with van der Waals surface area (Å²) in [6.07, 6.45) is 1.64. The first kappa shape index (κ1) is 17.6. The van der Waals surface area contributed by atoms with Gasteiger partial charge in [-0.15, -0.1) is 0 Å². The Kier molecular flexibility index (Phi) is 5.65. The minimum Gasteiger partial charge on any atom is -0.487 e. The molecule has 0 spiro atoms. The predicted octanol–water partition coefficient (Wildman–Crippen LogP) is 4.35. The molecule has 0 radical (unpaired) electrons. The van der Waals surface area contributed by atoms with Gasteiger partial charge in [-0.05, 0) is 48.2 Å². The van der Waals surface area contributed by atoms with E-state index in [1.54, 1.807) is 0 Å². The number of pyridine rings is 1. The Hall–Kier alpha value is -2.85. The van der Waals surface area contributed by atoms with E-state index in [0.717, 1.165) is 46.9 Å². The van der Waals surface area contributed by atoms with Gasteiger partial charge >= 0.3 is 0 Å². The molecule has 27 heavy (non-hydrogen) atoms. The van der Waals surface area contributed by atoms with Gasteiger partial charge in [-0.3, -0.25) is 4.98 Å². The van der Waals surface area contributed by atoms with E-state index < -0.39 is 0 Å². The maximum atomic E-state index is 6.02. The van der Waals surface area contributed by atoms with E-state index in [4.69, 9.17) is 14.2 Å². The highest BCUT2D eigenvalue weighted by Crippen LogP contribution is 2.22. The van der Waals surface area contributed by atoms with Crippen LogP contribution in [0.5, 0.6) is 11.5 Å². The van der Waals surface area contributed by atoms with Crippen LogP contribution >= 0.6 is 0 Å². The zero-order valence-electron chi connectivity index (χ0n) is 15.3. The van der Waals surface area contributed by atoms with E-state index in [9.17, 15) is 0 Å². The van der Waals surface area contributed by atoms with Crippen LogP contribution in [-0.2, 0) is 30.8 Å². The van der Waals surface area contributed by atoms with Crippen molar-refractivity contribution in [3.63, 3.8) is 0 Å². The molecule has 3 aromatic rings. The molecule has 0 N–H and O–H groups in total. The largest absolute Gasteiger partial charge is 0.487 e. The number of aromatic nitrogens is 1. The monoisotopic (exact) mass is 361 g/mol. The zero-order valence-corrected chi connectivity index (χ0v) is 15.3. The molecule has 0 saturated carbocycles. The number of ether oxygens (including phenoxy) is 3. The summed E-state index contributed by atoms with van der Waals surface area (Å²) in [5, 5.41) is 0. The lowest BCUT2D eigenvalue weighted by Crippen LogP contribution is -2.08. The molecule has 2 heterocycles. The average Bonchev–Trinajstić information content (AvgIpc) is 2.71. The first-order valence-corrected chi connectivity index (χ1v) is 9.32. The smallest absolute Gasteiger partial charge is 0.130 e. The second kappa shape index (κ2) is 8.69. The van der Waals surface area contributed by atoms with Gasteiger partial charge in [0.15, 0.2) is 0 Å². The molecule has 2 bridgehead atoms. The highest BCUT2D eigenvalue weighted by molar-refractivity contribution is 5.34. The highest BCUT2D eigenvalue weighted by Gasteiger charge is 2.08. The molecule has 4 heteroatoms. The van der Waals surface area contributed by atoms with Crippen molar-refractivity contribution < 1.29 is 14.2 Å². The van der Waals surface area contributed by atoms with Crippen LogP contribution in [0.15, 0.2) is 66.7 Å². The van der Waals surface area contributed by atoms with Gasteiger partial charge in [0.05, 0.1) is 24.6 Å². The van der Waals surface area contributed by atoms with Gasteiger partial charge < -0.3 is 14.2 Å². The Morgan fingerprint density at radius 2 is 1.11 bits per heavy atom. The molecule has 4 rings (SSSR count). The van der Waals surface area contributed by atoms with Crippen molar-refractivity contribution in [3.05, 3.63) is 89.2 Å². The first-order valence-electron chi connectivity index (χ1n) is 9.32. The maximum absolute atomic E-state index is 6.02. The fourth-order valence-corrected chi connectivity index (χ4v) is 3.16.